The number of rotatable bonds is 8. The molecule has 0 bridgehead atoms. The summed E-state index contributed by atoms with van der Waals surface area (Å²) in [5.74, 6) is 1.32. The van der Waals surface area contributed by atoms with Crippen LogP contribution in [0.5, 0.6) is 0 Å². The molecule has 4 N–H and O–H groups in total. The number of aromatic amines is 1. The maximum absolute atomic E-state index is 12.1. The number of nitrogens with one attached hydrogen (secondary N) is 2. The van der Waals surface area contributed by atoms with E-state index in [4.69, 9.17) is 5.73 Å². The molecule has 1 saturated carbocycles. The predicted octanol–water partition coefficient (Wildman–Crippen LogP) is 3.14. The molecule has 1 amide bonds. The molecule has 1 aliphatic carbocycles. The van der Waals surface area contributed by atoms with Gasteiger partial charge in [0.05, 0.1) is 12.7 Å². The van der Waals surface area contributed by atoms with Gasteiger partial charge >= 0.3 is 5.97 Å². The average molecular weight is 507 g/mol. The smallest absolute Gasteiger partial charge is 0.305 e. The minimum absolute atomic E-state index is 0.210. The molecule has 4 aromatic rings. The van der Waals surface area contributed by atoms with Crippen molar-refractivity contribution in [2.45, 2.75) is 38.0 Å². The number of aryl methyl sites for hydroxylation is 1. The van der Waals surface area contributed by atoms with Gasteiger partial charge in [0.25, 0.3) is 0 Å². The van der Waals surface area contributed by atoms with Gasteiger partial charge in [0, 0.05) is 42.9 Å². The van der Waals surface area contributed by atoms with Crippen LogP contribution in [0.2, 0.25) is 0 Å². The van der Waals surface area contributed by atoms with Crippen molar-refractivity contribution in [3.8, 4) is 12.8 Å². The highest BCUT2D eigenvalue weighted by atomic mass is 19.1. The fourth-order valence-corrected chi connectivity index (χ4v) is 3.32. The Bertz CT molecular complexity index is 1360. The number of nitrogens with two attached hydrogens (primary N) is 1. The Morgan fingerprint density at radius 3 is 2.73 bits per heavy atom. The highest BCUT2D eigenvalue weighted by molar-refractivity contribution is 5.92. The standard InChI is InChI=1S/C17H20N6O2.C6H5FN2O.C2H2/c1-25-16(24)6-2-5-14-18-17(13-4-3-9-23(13)22-14)19-15-10-12(20-21-15)11-7-8-11;7-5-2-1-4(3-9-5)6(8)10;1-2/h3-4,9-11H,2,5-8H2,1H3,(H2,18,19,20,21,22);1-3H,(H2,8,10);1-2H. The number of esters is 1. The number of aromatic nitrogens is 6. The van der Waals surface area contributed by atoms with Crippen molar-refractivity contribution >= 4 is 29.0 Å². The number of methoxy groups -OCH3 is 1. The molecule has 1 fully saturated rings. The van der Waals surface area contributed by atoms with Crippen LogP contribution in [0, 0.1) is 18.8 Å². The Kier molecular flexibility index (Phi) is 9.26. The number of nitrogens with zero attached hydrogens (tertiary/aromatic N) is 5. The number of pyridine rings is 1. The zero-order valence-electron chi connectivity index (χ0n) is 20.2. The van der Waals surface area contributed by atoms with Crippen molar-refractivity contribution in [2.24, 2.45) is 5.73 Å². The molecule has 0 spiro atoms. The van der Waals surface area contributed by atoms with Crippen LogP contribution < -0.4 is 11.1 Å². The van der Waals surface area contributed by atoms with Gasteiger partial charge in [-0.2, -0.15) is 14.6 Å². The second-order valence-corrected chi connectivity index (χ2v) is 7.99. The van der Waals surface area contributed by atoms with Gasteiger partial charge < -0.3 is 15.8 Å². The highest BCUT2D eigenvalue weighted by Gasteiger charge is 2.25. The van der Waals surface area contributed by atoms with Crippen molar-refractivity contribution in [3.63, 3.8) is 0 Å². The van der Waals surface area contributed by atoms with Crippen molar-refractivity contribution in [1.82, 2.24) is 29.8 Å². The van der Waals surface area contributed by atoms with Crippen molar-refractivity contribution in [3.05, 3.63) is 65.8 Å². The van der Waals surface area contributed by atoms with Crippen LogP contribution in [0.1, 0.15) is 53.5 Å². The molecule has 0 radical (unpaired) electrons. The summed E-state index contributed by atoms with van der Waals surface area (Å²) in [6.45, 7) is 0. The topological polar surface area (TPSA) is 153 Å². The van der Waals surface area contributed by atoms with E-state index in [1.807, 2.05) is 24.4 Å². The highest BCUT2D eigenvalue weighted by Crippen LogP contribution is 2.39. The zero-order chi connectivity index (χ0) is 26.8. The number of anilines is 2. The number of H-pyrrole nitrogens is 1. The lowest BCUT2D eigenvalue weighted by atomic mass is 10.2. The molecular weight excluding hydrogens is 479 g/mol. The van der Waals surface area contributed by atoms with Crippen LogP contribution in [0.4, 0.5) is 16.0 Å². The first-order valence-electron chi connectivity index (χ1n) is 11.4. The monoisotopic (exact) mass is 506 g/mol. The number of hydrogen-bond acceptors (Lipinski definition) is 8. The van der Waals surface area contributed by atoms with Crippen LogP contribution in [0.15, 0.2) is 42.7 Å². The van der Waals surface area contributed by atoms with E-state index in [2.05, 4.69) is 48.2 Å². The van der Waals surface area contributed by atoms with E-state index in [1.54, 1.807) is 4.52 Å². The van der Waals surface area contributed by atoms with E-state index in [1.165, 1.54) is 31.7 Å². The summed E-state index contributed by atoms with van der Waals surface area (Å²) in [6, 6.07) is 8.28. The molecule has 0 unspecified atom stereocenters. The molecule has 0 saturated heterocycles. The number of carbonyl (C=O) groups is 2. The fraction of sp³-hybridized carbons (Fsp3) is 0.280. The first-order chi connectivity index (χ1) is 17.9. The van der Waals surface area contributed by atoms with Gasteiger partial charge in [0.1, 0.15) is 5.52 Å². The van der Waals surface area contributed by atoms with Gasteiger partial charge in [-0.15, -0.1) is 12.8 Å². The number of carbonyl (C=O) groups excluding carboxylic acids is 2. The summed E-state index contributed by atoms with van der Waals surface area (Å²) in [5, 5.41) is 15.2. The number of halogens is 1. The molecule has 192 valence electrons. The van der Waals surface area contributed by atoms with Gasteiger partial charge in [-0.1, -0.05) is 0 Å². The van der Waals surface area contributed by atoms with E-state index in [-0.39, 0.29) is 11.5 Å². The second kappa shape index (κ2) is 12.8. The third kappa shape index (κ3) is 7.60. The minimum atomic E-state index is -0.620. The molecule has 0 aromatic carbocycles. The van der Waals surface area contributed by atoms with Gasteiger partial charge in [0.15, 0.2) is 17.5 Å². The molecule has 1 aliphatic rings. The molecule has 5 rings (SSSR count). The lowest BCUT2D eigenvalue weighted by Gasteiger charge is -2.08. The summed E-state index contributed by atoms with van der Waals surface area (Å²) in [7, 11) is 1.40. The van der Waals surface area contributed by atoms with E-state index >= 15 is 0 Å². The SMILES string of the molecule is C#C.COC(=O)CCCc1nc(Nc2cc(C3CC3)[nH]n2)c2cccn2n1.NC(=O)c1ccc(F)nc1. The molecule has 37 heavy (non-hydrogen) atoms. The van der Waals surface area contributed by atoms with Gasteiger partial charge in [-0.25, -0.2) is 14.5 Å². The van der Waals surface area contributed by atoms with Crippen LogP contribution in [0.25, 0.3) is 5.52 Å². The average Bonchev–Trinajstić information content (AvgIpc) is 3.46. The molecule has 4 heterocycles. The Morgan fingerprint density at radius 2 is 2.08 bits per heavy atom. The lowest BCUT2D eigenvalue weighted by Crippen LogP contribution is -2.11. The Balaban J connectivity index is 0.000000266. The van der Waals surface area contributed by atoms with Crippen molar-refractivity contribution < 1.29 is 18.7 Å². The lowest BCUT2D eigenvalue weighted by molar-refractivity contribution is -0.140. The Hall–Kier alpha value is -4.79. The minimum Gasteiger partial charge on any atom is -0.469 e. The quantitative estimate of drug-likeness (QED) is 0.187. The van der Waals surface area contributed by atoms with E-state index in [0.29, 0.717) is 36.8 Å². The fourth-order valence-electron chi connectivity index (χ4n) is 3.32. The number of terminal acetylenes is 1. The summed E-state index contributed by atoms with van der Waals surface area (Å²) in [5.41, 5.74) is 7.12. The number of primary amides is 1. The van der Waals surface area contributed by atoms with Crippen LogP contribution in [0.3, 0.4) is 0 Å². The van der Waals surface area contributed by atoms with Gasteiger partial charge in [0.2, 0.25) is 11.9 Å². The van der Waals surface area contributed by atoms with Crippen LogP contribution in [-0.4, -0.2) is 48.8 Å². The van der Waals surface area contributed by atoms with Crippen LogP contribution in [-0.2, 0) is 16.0 Å². The first kappa shape index (κ1) is 26.8. The predicted molar refractivity (Wildman–Crippen MR) is 134 cm³/mol. The van der Waals surface area contributed by atoms with Crippen molar-refractivity contribution in [1.29, 1.82) is 0 Å². The van der Waals surface area contributed by atoms with Crippen LogP contribution >= 0.6 is 0 Å². The zero-order valence-corrected chi connectivity index (χ0v) is 20.2. The summed E-state index contributed by atoms with van der Waals surface area (Å²) in [4.78, 5) is 29.5. The maximum atomic E-state index is 12.1. The molecular formula is C25H27FN8O3. The van der Waals surface area contributed by atoms with Gasteiger partial charge in [-0.3, -0.25) is 14.7 Å². The third-order valence-electron chi connectivity index (χ3n) is 5.32. The first-order valence-corrected chi connectivity index (χ1v) is 11.4. The third-order valence-corrected chi connectivity index (χ3v) is 5.32. The number of amides is 1. The van der Waals surface area contributed by atoms with Gasteiger partial charge in [-0.05, 0) is 43.5 Å². The summed E-state index contributed by atoms with van der Waals surface area (Å²) >= 11 is 0. The normalized spacial score (nSPS) is 12.0. The summed E-state index contributed by atoms with van der Waals surface area (Å²) in [6.07, 6.45) is 15.0. The second-order valence-electron chi connectivity index (χ2n) is 7.99. The Morgan fingerprint density at radius 1 is 1.30 bits per heavy atom. The molecule has 0 aliphatic heterocycles. The van der Waals surface area contributed by atoms with Crippen molar-refractivity contribution in [2.75, 3.05) is 12.4 Å². The maximum Gasteiger partial charge on any atom is 0.305 e. The Labute approximate surface area is 212 Å². The number of ether oxygens (including phenoxy) is 1. The number of fused-ring (bicyclic) bond motifs is 1. The van der Waals surface area contributed by atoms with E-state index in [9.17, 15) is 14.0 Å². The molecule has 0 atom stereocenters. The molecule has 4 aromatic heterocycles. The van der Waals surface area contributed by atoms with E-state index < -0.39 is 11.9 Å². The summed E-state index contributed by atoms with van der Waals surface area (Å²) < 4.78 is 18.5. The largest absolute Gasteiger partial charge is 0.469 e. The number of hydrogen-bond donors (Lipinski definition) is 3. The molecule has 11 nitrogen and oxygen atoms in total. The van der Waals surface area contributed by atoms with E-state index in [0.717, 1.165) is 23.6 Å². The molecule has 12 heteroatoms.